The fourth-order valence-corrected chi connectivity index (χ4v) is 4.14. The van der Waals surface area contributed by atoms with Gasteiger partial charge in [-0.1, -0.05) is 43.5 Å². The van der Waals surface area contributed by atoms with Crippen LogP contribution in [0.25, 0.3) is 10.6 Å². The van der Waals surface area contributed by atoms with Gasteiger partial charge in [0.05, 0.1) is 4.88 Å². The predicted molar refractivity (Wildman–Crippen MR) is 90.5 cm³/mol. The fraction of sp³-hybridized carbons (Fsp3) is 0.438. The molecule has 2 aromatic rings. The second-order valence-corrected chi connectivity index (χ2v) is 6.84. The molecule has 0 saturated heterocycles. The summed E-state index contributed by atoms with van der Waals surface area (Å²) >= 11 is 5.92. The molecule has 0 radical (unpaired) electrons. The minimum absolute atomic E-state index is 0.622. The van der Waals surface area contributed by atoms with Gasteiger partial charge in [-0.25, -0.2) is 4.98 Å². The van der Waals surface area contributed by atoms with E-state index in [1.165, 1.54) is 37.7 Å². The number of thiazole rings is 1. The van der Waals surface area contributed by atoms with E-state index in [-0.39, 0.29) is 0 Å². The summed E-state index contributed by atoms with van der Waals surface area (Å²) < 4.78 is 0. The summed E-state index contributed by atoms with van der Waals surface area (Å²) in [6.07, 6.45) is 6.83. The van der Waals surface area contributed by atoms with E-state index >= 15 is 0 Å². The van der Waals surface area contributed by atoms with Crippen LogP contribution in [-0.2, 0) is 5.75 Å². The molecular formula is C16H20N2S2. The molecule has 1 aliphatic rings. The maximum absolute atomic E-state index is 5.89. The molecule has 1 aromatic carbocycles. The maximum Gasteiger partial charge on any atom is 0.139 e. The van der Waals surface area contributed by atoms with Crippen molar-refractivity contribution in [3.63, 3.8) is 0 Å². The minimum atomic E-state index is 0.622. The summed E-state index contributed by atoms with van der Waals surface area (Å²) in [5, 5.41) is 1.00. The van der Waals surface area contributed by atoms with E-state index < -0.39 is 0 Å². The first-order valence-corrected chi connectivity index (χ1v) is 8.69. The molecule has 3 rings (SSSR count). The molecule has 0 unspecified atom stereocenters. The summed E-state index contributed by atoms with van der Waals surface area (Å²) in [7, 11) is 0. The van der Waals surface area contributed by atoms with Gasteiger partial charge in [0.15, 0.2) is 0 Å². The SMILES string of the molecule is Nc1nc(-c2ccc(C3CCCCC3)cc2)sc1CS. The first-order chi connectivity index (χ1) is 9.78. The number of nitrogen functional groups attached to an aromatic ring is 1. The average Bonchev–Trinajstić information content (AvgIpc) is 2.89. The number of nitrogens with zero attached hydrogens (tertiary/aromatic N) is 1. The number of hydrogen-bond acceptors (Lipinski definition) is 4. The molecule has 0 atom stereocenters. The van der Waals surface area contributed by atoms with Gasteiger partial charge < -0.3 is 5.73 Å². The van der Waals surface area contributed by atoms with Crippen LogP contribution in [0.2, 0.25) is 0 Å². The van der Waals surface area contributed by atoms with Crippen LogP contribution >= 0.6 is 24.0 Å². The van der Waals surface area contributed by atoms with E-state index in [0.717, 1.165) is 21.4 Å². The number of benzene rings is 1. The van der Waals surface area contributed by atoms with E-state index in [1.807, 2.05) is 0 Å². The first kappa shape index (κ1) is 14.0. The Morgan fingerprint density at radius 3 is 2.45 bits per heavy atom. The predicted octanol–water partition coefficient (Wildman–Crippen LogP) is 4.87. The third-order valence-electron chi connectivity index (χ3n) is 4.11. The Balaban J connectivity index is 1.81. The van der Waals surface area contributed by atoms with Gasteiger partial charge in [-0.05, 0) is 24.3 Å². The topological polar surface area (TPSA) is 38.9 Å². The molecule has 2 nitrogen and oxygen atoms in total. The van der Waals surface area contributed by atoms with Gasteiger partial charge in [0, 0.05) is 11.3 Å². The number of nitrogens with two attached hydrogens (primary N) is 1. The van der Waals surface area contributed by atoms with Crippen LogP contribution in [0.1, 0.15) is 48.5 Å². The van der Waals surface area contributed by atoms with Gasteiger partial charge in [-0.3, -0.25) is 0 Å². The van der Waals surface area contributed by atoms with Crippen LogP contribution in [0, 0.1) is 0 Å². The van der Waals surface area contributed by atoms with Crippen molar-refractivity contribution in [3.05, 3.63) is 34.7 Å². The third kappa shape index (κ3) is 2.86. The Labute approximate surface area is 129 Å². The van der Waals surface area contributed by atoms with E-state index in [9.17, 15) is 0 Å². The average molecular weight is 304 g/mol. The van der Waals surface area contributed by atoms with E-state index in [2.05, 4.69) is 41.9 Å². The van der Waals surface area contributed by atoms with Crippen molar-refractivity contribution in [1.29, 1.82) is 0 Å². The Kier molecular flexibility index (Phi) is 4.32. The van der Waals surface area contributed by atoms with Crippen LogP contribution in [0.5, 0.6) is 0 Å². The molecule has 1 aromatic heterocycles. The Morgan fingerprint density at radius 2 is 1.85 bits per heavy atom. The van der Waals surface area contributed by atoms with Crippen molar-refractivity contribution in [2.75, 3.05) is 5.73 Å². The molecule has 0 spiro atoms. The van der Waals surface area contributed by atoms with Gasteiger partial charge in [0.2, 0.25) is 0 Å². The molecule has 0 bridgehead atoms. The van der Waals surface area contributed by atoms with Crippen LogP contribution in [0.3, 0.4) is 0 Å². The minimum Gasteiger partial charge on any atom is -0.383 e. The number of anilines is 1. The lowest BCUT2D eigenvalue weighted by molar-refractivity contribution is 0.443. The van der Waals surface area contributed by atoms with Crippen molar-refractivity contribution >= 4 is 29.8 Å². The number of aromatic nitrogens is 1. The first-order valence-electron chi connectivity index (χ1n) is 7.24. The number of thiol groups is 1. The molecule has 106 valence electrons. The molecule has 4 heteroatoms. The molecule has 0 amide bonds. The van der Waals surface area contributed by atoms with Crippen LogP contribution in [0.4, 0.5) is 5.82 Å². The van der Waals surface area contributed by atoms with Gasteiger partial charge >= 0.3 is 0 Å². The number of hydrogen-bond donors (Lipinski definition) is 2. The molecule has 1 saturated carbocycles. The largest absolute Gasteiger partial charge is 0.383 e. The van der Waals surface area contributed by atoms with E-state index in [0.29, 0.717) is 11.6 Å². The second kappa shape index (κ2) is 6.19. The van der Waals surface area contributed by atoms with Crippen LogP contribution < -0.4 is 5.73 Å². The summed E-state index contributed by atoms with van der Waals surface area (Å²) in [5.41, 5.74) is 8.53. The highest BCUT2D eigenvalue weighted by Crippen LogP contribution is 2.35. The number of rotatable bonds is 3. The molecule has 1 aliphatic carbocycles. The standard InChI is InChI=1S/C16H20N2S2/c17-15-14(10-19)20-16(18-15)13-8-6-12(7-9-13)11-4-2-1-3-5-11/h6-9,11,19H,1-5,10,17H2. The van der Waals surface area contributed by atoms with Gasteiger partial charge in [0.1, 0.15) is 10.8 Å². The van der Waals surface area contributed by atoms with Gasteiger partial charge in [-0.2, -0.15) is 12.6 Å². The highest BCUT2D eigenvalue weighted by molar-refractivity contribution is 7.79. The van der Waals surface area contributed by atoms with Crippen molar-refractivity contribution in [2.45, 2.75) is 43.8 Å². The van der Waals surface area contributed by atoms with Crippen molar-refractivity contribution in [3.8, 4) is 10.6 Å². The molecule has 1 fully saturated rings. The Bertz CT molecular complexity index is 569. The quantitative estimate of drug-likeness (QED) is 0.794. The molecular weight excluding hydrogens is 284 g/mol. The lowest BCUT2D eigenvalue weighted by Gasteiger charge is -2.21. The van der Waals surface area contributed by atoms with Crippen LogP contribution in [0.15, 0.2) is 24.3 Å². The van der Waals surface area contributed by atoms with Crippen LogP contribution in [-0.4, -0.2) is 4.98 Å². The van der Waals surface area contributed by atoms with Crippen molar-refractivity contribution < 1.29 is 0 Å². The summed E-state index contributed by atoms with van der Waals surface area (Å²) in [5.74, 6) is 2.03. The molecule has 1 heterocycles. The Morgan fingerprint density at radius 1 is 1.15 bits per heavy atom. The van der Waals surface area contributed by atoms with E-state index in [1.54, 1.807) is 11.3 Å². The zero-order valence-corrected chi connectivity index (χ0v) is 13.2. The zero-order chi connectivity index (χ0) is 13.9. The highest BCUT2D eigenvalue weighted by Gasteiger charge is 2.16. The lowest BCUT2D eigenvalue weighted by Crippen LogP contribution is -2.04. The van der Waals surface area contributed by atoms with Gasteiger partial charge in [0.25, 0.3) is 0 Å². The molecule has 2 N–H and O–H groups in total. The maximum atomic E-state index is 5.89. The summed E-state index contributed by atoms with van der Waals surface area (Å²) in [4.78, 5) is 5.50. The molecule has 20 heavy (non-hydrogen) atoms. The smallest absolute Gasteiger partial charge is 0.139 e. The zero-order valence-electron chi connectivity index (χ0n) is 11.5. The normalized spacial score (nSPS) is 16.4. The summed E-state index contributed by atoms with van der Waals surface area (Å²) in [6.45, 7) is 0. The van der Waals surface area contributed by atoms with Crippen molar-refractivity contribution in [2.24, 2.45) is 0 Å². The van der Waals surface area contributed by atoms with Gasteiger partial charge in [-0.15, -0.1) is 11.3 Å². The van der Waals surface area contributed by atoms with Crippen molar-refractivity contribution in [1.82, 2.24) is 4.98 Å². The summed E-state index contributed by atoms with van der Waals surface area (Å²) in [6, 6.07) is 8.90. The third-order valence-corrected chi connectivity index (χ3v) is 5.76. The lowest BCUT2D eigenvalue weighted by atomic mass is 9.84. The Hall–Kier alpha value is -1.00. The highest BCUT2D eigenvalue weighted by atomic mass is 32.1. The monoisotopic (exact) mass is 304 g/mol. The van der Waals surface area contributed by atoms with E-state index in [4.69, 9.17) is 5.73 Å². The second-order valence-electron chi connectivity index (χ2n) is 5.44. The fourth-order valence-electron chi connectivity index (χ4n) is 2.93. The molecule has 0 aliphatic heterocycles.